The smallest absolute Gasteiger partial charge is 0.191 e. The van der Waals surface area contributed by atoms with Crippen molar-refractivity contribution in [1.82, 2.24) is 15.5 Å². The predicted molar refractivity (Wildman–Crippen MR) is 110 cm³/mol. The van der Waals surface area contributed by atoms with Crippen molar-refractivity contribution in [2.45, 2.75) is 58.0 Å². The van der Waals surface area contributed by atoms with E-state index in [0.29, 0.717) is 18.0 Å². The van der Waals surface area contributed by atoms with E-state index in [-0.39, 0.29) is 0 Å². The maximum absolute atomic E-state index is 5.23. The lowest BCUT2D eigenvalue weighted by Gasteiger charge is -2.35. The van der Waals surface area contributed by atoms with Crippen molar-refractivity contribution >= 4 is 5.96 Å². The maximum Gasteiger partial charge on any atom is 0.191 e. The van der Waals surface area contributed by atoms with Crippen molar-refractivity contribution in [3.63, 3.8) is 0 Å². The number of methoxy groups -OCH3 is 1. The Morgan fingerprint density at radius 2 is 1.85 bits per heavy atom. The van der Waals surface area contributed by atoms with E-state index in [1.807, 2.05) is 19.2 Å². The maximum atomic E-state index is 5.23. The minimum Gasteiger partial charge on any atom is -0.497 e. The Balaban J connectivity index is 1.71. The van der Waals surface area contributed by atoms with Crippen molar-refractivity contribution in [2.24, 2.45) is 4.99 Å². The van der Waals surface area contributed by atoms with Crippen LogP contribution < -0.4 is 15.4 Å². The third-order valence-electron chi connectivity index (χ3n) is 5.38. The molecule has 1 heterocycles. The van der Waals surface area contributed by atoms with E-state index in [9.17, 15) is 0 Å². The monoisotopic (exact) mass is 360 g/mol. The Labute approximate surface area is 159 Å². The van der Waals surface area contributed by atoms with Crippen LogP contribution in [0.25, 0.3) is 0 Å². The molecule has 5 nitrogen and oxygen atoms in total. The van der Waals surface area contributed by atoms with Gasteiger partial charge in [-0.2, -0.15) is 0 Å². The second-order valence-electron chi connectivity index (χ2n) is 7.51. The van der Waals surface area contributed by atoms with Crippen molar-refractivity contribution in [3.8, 4) is 5.75 Å². The minimum atomic E-state index is 0.501. The molecule has 0 aliphatic carbocycles. The SMILES string of the molecule is CN=C(NCCC(C)c1ccc(OC)cc1)NC1CCN(C(C)C)CC1. The molecule has 1 atom stereocenters. The molecule has 1 unspecified atom stereocenters. The molecule has 0 saturated carbocycles. The highest BCUT2D eigenvalue weighted by Gasteiger charge is 2.21. The lowest BCUT2D eigenvalue weighted by atomic mass is 9.98. The van der Waals surface area contributed by atoms with Gasteiger partial charge in [-0.1, -0.05) is 19.1 Å². The molecule has 2 N–H and O–H groups in total. The van der Waals surface area contributed by atoms with Crippen molar-refractivity contribution < 1.29 is 4.74 Å². The quantitative estimate of drug-likeness (QED) is 0.579. The number of piperidine rings is 1. The predicted octanol–water partition coefficient (Wildman–Crippen LogP) is 3.23. The first-order chi connectivity index (χ1) is 12.5. The van der Waals surface area contributed by atoms with E-state index in [1.54, 1.807) is 7.11 Å². The van der Waals surface area contributed by atoms with Crippen LogP contribution in [0.5, 0.6) is 5.75 Å². The fraction of sp³-hybridized carbons (Fsp3) is 0.667. The summed E-state index contributed by atoms with van der Waals surface area (Å²) in [4.78, 5) is 6.94. The van der Waals surface area contributed by atoms with Crippen molar-refractivity contribution in [1.29, 1.82) is 0 Å². The van der Waals surface area contributed by atoms with Crippen molar-refractivity contribution in [2.75, 3.05) is 33.8 Å². The van der Waals surface area contributed by atoms with Gasteiger partial charge in [-0.15, -0.1) is 0 Å². The molecular formula is C21H36N4O. The number of hydrogen-bond acceptors (Lipinski definition) is 3. The van der Waals surface area contributed by atoms with Gasteiger partial charge in [-0.05, 0) is 56.7 Å². The molecule has 1 aromatic carbocycles. The zero-order valence-corrected chi connectivity index (χ0v) is 17.1. The summed E-state index contributed by atoms with van der Waals surface area (Å²) in [5.41, 5.74) is 1.34. The van der Waals surface area contributed by atoms with Gasteiger partial charge >= 0.3 is 0 Å². The first-order valence-corrected chi connectivity index (χ1v) is 9.88. The lowest BCUT2D eigenvalue weighted by molar-refractivity contribution is 0.167. The Morgan fingerprint density at radius 3 is 2.38 bits per heavy atom. The molecule has 0 bridgehead atoms. The highest BCUT2D eigenvalue weighted by Crippen LogP contribution is 2.21. The molecule has 1 saturated heterocycles. The molecule has 1 fully saturated rings. The van der Waals surface area contributed by atoms with E-state index in [0.717, 1.165) is 24.7 Å². The first-order valence-electron chi connectivity index (χ1n) is 9.88. The van der Waals surface area contributed by atoms with E-state index < -0.39 is 0 Å². The molecule has 5 heteroatoms. The average molecular weight is 361 g/mol. The highest BCUT2D eigenvalue weighted by molar-refractivity contribution is 5.79. The molecule has 26 heavy (non-hydrogen) atoms. The highest BCUT2D eigenvalue weighted by atomic mass is 16.5. The average Bonchev–Trinajstić information content (AvgIpc) is 2.67. The second-order valence-corrected chi connectivity index (χ2v) is 7.51. The zero-order chi connectivity index (χ0) is 18.9. The van der Waals surface area contributed by atoms with Crippen LogP contribution in [-0.2, 0) is 0 Å². The Hall–Kier alpha value is -1.75. The summed E-state index contributed by atoms with van der Waals surface area (Å²) in [5, 5.41) is 7.06. The van der Waals surface area contributed by atoms with Gasteiger partial charge in [0.15, 0.2) is 5.96 Å². The van der Waals surface area contributed by atoms with Gasteiger partial charge in [0.05, 0.1) is 7.11 Å². The summed E-state index contributed by atoms with van der Waals surface area (Å²) >= 11 is 0. The number of ether oxygens (including phenoxy) is 1. The van der Waals surface area contributed by atoms with Crippen LogP contribution in [0.1, 0.15) is 51.5 Å². The van der Waals surface area contributed by atoms with Gasteiger partial charge < -0.3 is 20.3 Å². The van der Waals surface area contributed by atoms with Crippen molar-refractivity contribution in [3.05, 3.63) is 29.8 Å². The third-order valence-corrected chi connectivity index (χ3v) is 5.38. The number of hydrogen-bond donors (Lipinski definition) is 2. The molecule has 1 aliphatic rings. The number of rotatable bonds is 7. The van der Waals surface area contributed by atoms with Crippen LogP contribution in [0, 0.1) is 0 Å². The number of likely N-dealkylation sites (tertiary alicyclic amines) is 1. The summed E-state index contributed by atoms with van der Waals surface area (Å²) in [7, 11) is 3.55. The Kier molecular flexibility index (Phi) is 8.23. The van der Waals surface area contributed by atoms with Crippen LogP contribution in [0.4, 0.5) is 0 Å². The number of benzene rings is 1. The second kappa shape index (κ2) is 10.4. The molecule has 0 aromatic heterocycles. The molecule has 2 rings (SSSR count). The van der Waals surface area contributed by atoms with Gasteiger partial charge in [0.25, 0.3) is 0 Å². The molecule has 0 amide bonds. The number of nitrogens with zero attached hydrogens (tertiary/aromatic N) is 2. The van der Waals surface area contributed by atoms with E-state index in [2.05, 4.69) is 53.4 Å². The molecule has 146 valence electrons. The van der Waals surface area contributed by atoms with Crippen LogP contribution in [0.3, 0.4) is 0 Å². The summed E-state index contributed by atoms with van der Waals surface area (Å²) in [5.74, 6) is 2.34. The summed E-state index contributed by atoms with van der Waals surface area (Å²) < 4.78 is 5.23. The summed E-state index contributed by atoms with van der Waals surface area (Å²) in [6.07, 6.45) is 3.43. The van der Waals surface area contributed by atoms with E-state index >= 15 is 0 Å². The fourth-order valence-corrected chi connectivity index (χ4v) is 3.45. The molecule has 0 radical (unpaired) electrons. The molecular weight excluding hydrogens is 324 g/mol. The number of nitrogens with one attached hydrogen (secondary N) is 2. The van der Waals surface area contributed by atoms with Crippen LogP contribution in [0.2, 0.25) is 0 Å². The van der Waals surface area contributed by atoms with Crippen LogP contribution in [0.15, 0.2) is 29.3 Å². The number of aliphatic imine (C=N–C) groups is 1. The van der Waals surface area contributed by atoms with Gasteiger partial charge in [-0.3, -0.25) is 4.99 Å². The summed E-state index contributed by atoms with van der Waals surface area (Å²) in [6, 6.07) is 9.54. The fourth-order valence-electron chi connectivity index (χ4n) is 3.45. The van der Waals surface area contributed by atoms with Crippen LogP contribution in [-0.4, -0.2) is 56.7 Å². The van der Waals surface area contributed by atoms with Gasteiger partial charge in [0.2, 0.25) is 0 Å². The molecule has 1 aromatic rings. The van der Waals surface area contributed by atoms with E-state index in [4.69, 9.17) is 4.74 Å². The van der Waals surface area contributed by atoms with Gasteiger partial charge in [-0.25, -0.2) is 0 Å². The molecule has 1 aliphatic heterocycles. The Morgan fingerprint density at radius 1 is 1.19 bits per heavy atom. The standard InChI is InChI=1S/C21H36N4O/c1-16(2)25-14-11-19(12-15-25)24-21(22-4)23-13-10-17(3)18-6-8-20(26-5)9-7-18/h6-9,16-17,19H,10-15H2,1-5H3,(H2,22,23,24). The van der Waals surface area contributed by atoms with Gasteiger partial charge in [0, 0.05) is 38.8 Å². The topological polar surface area (TPSA) is 48.9 Å². The minimum absolute atomic E-state index is 0.501. The lowest BCUT2D eigenvalue weighted by Crippen LogP contribution is -2.50. The largest absolute Gasteiger partial charge is 0.497 e. The first kappa shape index (κ1) is 20.6. The third kappa shape index (κ3) is 6.20. The zero-order valence-electron chi connectivity index (χ0n) is 17.1. The normalized spacial score (nSPS) is 18.0. The van der Waals surface area contributed by atoms with Gasteiger partial charge in [0.1, 0.15) is 5.75 Å². The Bertz CT molecular complexity index is 548. The van der Waals surface area contributed by atoms with Crippen LogP contribution >= 0.6 is 0 Å². The molecule has 0 spiro atoms. The summed E-state index contributed by atoms with van der Waals surface area (Å²) in [6.45, 7) is 10.1. The number of guanidine groups is 1. The van der Waals surface area contributed by atoms with E-state index in [1.165, 1.54) is 31.5 Å².